The summed E-state index contributed by atoms with van der Waals surface area (Å²) in [5.74, 6) is 1.03. The molecule has 98 valence electrons. The van der Waals surface area contributed by atoms with Crippen molar-refractivity contribution in [3.63, 3.8) is 0 Å². The first-order valence-electron chi connectivity index (χ1n) is 6.66. The second-order valence-electron chi connectivity index (χ2n) is 5.24. The molecule has 2 aromatic rings. The van der Waals surface area contributed by atoms with Crippen molar-refractivity contribution < 1.29 is 4.74 Å². The Hall–Kier alpha value is -1.47. The van der Waals surface area contributed by atoms with E-state index in [0.717, 1.165) is 29.2 Å². The number of ether oxygens (including phenoxy) is 1. The van der Waals surface area contributed by atoms with Crippen molar-refractivity contribution in [2.75, 3.05) is 0 Å². The van der Waals surface area contributed by atoms with E-state index >= 15 is 0 Å². The zero-order valence-electron chi connectivity index (χ0n) is 11.2. The standard InChI is InChI=1S/C17H17ClO/c1-11-8-14-6-7-16(19-17(14)9-12(11)2)13-4-3-5-15(18)10-13/h3-5,8-10,16H,6-7H2,1-2H3. The van der Waals surface area contributed by atoms with Crippen LogP contribution in [0.4, 0.5) is 0 Å². The van der Waals surface area contributed by atoms with Gasteiger partial charge in [0.15, 0.2) is 0 Å². The Kier molecular flexibility index (Phi) is 3.24. The predicted molar refractivity (Wildman–Crippen MR) is 79.1 cm³/mol. The quantitative estimate of drug-likeness (QED) is 0.708. The van der Waals surface area contributed by atoms with Gasteiger partial charge in [0.1, 0.15) is 11.9 Å². The van der Waals surface area contributed by atoms with Gasteiger partial charge in [-0.3, -0.25) is 0 Å². The number of hydrogen-bond acceptors (Lipinski definition) is 1. The topological polar surface area (TPSA) is 9.23 Å². The highest BCUT2D eigenvalue weighted by molar-refractivity contribution is 6.30. The summed E-state index contributed by atoms with van der Waals surface area (Å²) in [5.41, 5.74) is 5.10. The largest absolute Gasteiger partial charge is 0.485 e. The minimum atomic E-state index is 0.119. The van der Waals surface area contributed by atoms with Crippen LogP contribution in [-0.2, 0) is 6.42 Å². The van der Waals surface area contributed by atoms with Crippen molar-refractivity contribution in [3.8, 4) is 5.75 Å². The maximum Gasteiger partial charge on any atom is 0.124 e. The third kappa shape index (κ3) is 2.48. The molecule has 0 spiro atoms. The van der Waals surface area contributed by atoms with E-state index in [9.17, 15) is 0 Å². The van der Waals surface area contributed by atoms with Gasteiger partial charge in [-0.05, 0) is 67.1 Å². The summed E-state index contributed by atoms with van der Waals surface area (Å²) < 4.78 is 6.15. The molecule has 0 aliphatic carbocycles. The molecule has 0 fully saturated rings. The van der Waals surface area contributed by atoms with Crippen molar-refractivity contribution in [2.24, 2.45) is 0 Å². The molecule has 1 aliphatic rings. The monoisotopic (exact) mass is 272 g/mol. The molecule has 1 heterocycles. The fourth-order valence-electron chi connectivity index (χ4n) is 2.59. The van der Waals surface area contributed by atoms with Crippen molar-refractivity contribution in [2.45, 2.75) is 32.8 Å². The number of halogens is 1. The number of aryl methyl sites for hydroxylation is 3. The van der Waals surface area contributed by atoms with Gasteiger partial charge in [-0.15, -0.1) is 0 Å². The van der Waals surface area contributed by atoms with Crippen LogP contribution in [0.3, 0.4) is 0 Å². The molecule has 1 nitrogen and oxygen atoms in total. The summed E-state index contributed by atoms with van der Waals surface area (Å²) in [4.78, 5) is 0. The van der Waals surface area contributed by atoms with Crippen LogP contribution < -0.4 is 4.74 Å². The molecule has 0 N–H and O–H groups in total. The van der Waals surface area contributed by atoms with Crippen molar-refractivity contribution in [1.82, 2.24) is 0 Å². The summed E-state index contributed by atoms with van der Waals surface area (Å²) in [6.07, 6.45) is 2.19. The van der Waals surface area contributed by atoms with Crippen molar-refractivity contribution in [3.05, 3.63) is 63.7 Å². The molecule has 0 saturated carbocycles. The van der Waals surface area contributed by atoms with Gasteiger partial charge in [0.05, 0.1) is 0 Å². The Bertz CT molecular complexity index is 619. The number of benzene rings is 2. The Morgan fingerprint density at radius 1 is 1.11 bits per heavy atom. The fraction of sp³-hybridized carbons (Fsp3) is 0.294. The van der Waals surface area contributed by atoms with Crippen LogP contribution >= 0.6 is 11.6 Å². The van der Waals surface area contributed by atoms with E-state index in [4.69, 9.17) is 16.3 Å². The van der Waals surface area contributed by atoms with E-state index in [1.807, 2.05) is 18.2 Å². The molecule has 2 heteroatoms. The summed E-state index contributed by atoms with van der Waals surface area (Å²) in [6, 6.07) is 12.4. The van der Waals surface area contributed by atoms with E-state index in [1.165, 1.54) is 16.7 Å². The van der Waals surface area contributed by atoms with Crippen LogP contribution in [0.5, 0.6) is 5.75 Å². The number of hydrogen-bond donors (Lipinski definition) is 0. The highest BCUT2D eigenvalue weighted by Crippen LogP contribution is 2.36. The Morgan fingerprint density at radius 3 is 2.68 bits per heavy atom. The molecular formula is C17H17ClO. The minimum Gasteiger partial charge on any atom is -0.485 e. The van der Waals surface area contributed by atoms with Gasteiger partial charge in [-0.25, -0.2) is 0 Å². The number of rotatable bonds is 1. The fourth-order valence-corrected chi connectivity index (χ4v) is 2.79. The lowest BCUT2D eigenvalue weighted by Crippen LogP contribution is -2.15. The molecule has 0 amide bonds. The lowest BCUT2D eigenvalue weighted by atomic mass is 9.95. The highest BCUT2D eigenvalue weighted by atomic mass is 35.5. The van der Waals surface area contributed by atoms with E-state index in [-0.39, 0.29) is 6.10 Å². The van der Waals surface area contributed by atoms with Crippen molar-refractivity contribution in [1.29, 1.82) is 0 Å². The molecule has 1 atom stereocenters. The summed E-state index contributed by atoms with van der Waals surface area (Å²) in [7, 11) is 0. The van der Waals surface area contributed by atoms with E-state index in [1.54, 1.807) is 0 Å². The first kappa shape index (κ1) is 12.6. The first-order valence-corrected chi connectivity index (χ1v) is 7.03. The van der Waals surface area contributed by atoms with Gasteiger partial charge in [0, 0.05) is 5.02 Å². The van der Waals surface area contributed by atoms with Crippen molar-refractivity contribution >= 4 is 11.6 Å². The Balaban J connectivity index is 1.92. The molecule has 0 bridgehead atoms. The van der Waals surface area contributed by atoms with E-state index < -0.39 is 0 Å². The van der Waals surface area contributed by atoms with Crippen LogP contribution in [-0.4, -0.2) is 0 Å². The maximum absolute atomic E-state index is 6.15. The smallest absolute Gasteiger partial charge is 0.124 e. The molecule has 0 aromatic heterocycles. The predicted octanol–water partition coefficient (Wildman–Crippen LogP) is 5.02. The van der Waals surface area contributed by atoms with Crippen LogP contribution in [0, 0.1) is 13.8 Å². The van der Waals surface area contributed by atoms with Crippen LogP contribution in [0.15, 0.2) is 36.4 Å². The van der Waals surface area contributed by atoms with Gasteiger partial charge >= 0.3 is 0 Å². The molecular weight excluding hydrogens is 256 g/mol. The molecule has 19 heavy (non-hydrogen) atoms. The molecule has 1 unspecified atom stereocenters. The van der Waals surface area contributed by atoms with Gasteiger partial charge < -0.3 is 4.74 Å². The van der Waals surface area contributed by atoms with E-state index in [2.05, 4.69) is 32.0 Å². The zero-order valence-corrected chi connectivity index (χ0v) is 12.0. The third-order valence-corrected chi connectivity index (χ3v) is 4.08. The average molecular weight is 273 g/mol. The average Bonchev–Trinajstić information content (AvgIpc) is 2.39. The molecule has 3 rings (SSSR count). The lowest BCUT2D eigenvalue weighted by Gasteiger charge is -2.27. The highest BCUT2D eigenvalue weighted by Gasteiger charge is 2.22. The Labute approximate surface area is 119 Å². The normalized spacial score (nSPS) is 17.7. The van der Waals surface area contributed by atoms with Gasteiger partial charge in [0.25, 0.3) is 0 Å². The maximum atomic E-state index is 6.15. The molecule has 1 aliphatic heterocycles. The zero-order chi connectivity index (χ0) is 13.4. The van der Waals surface area contributed by atoms with E-state index in [0.29, 0.717) is 0 Å². The summed E-state index contributed by atoms with van der Waals surface area (Å²) in [6.45, 7) is 4.28. The molecule has 0 saturated heterocycles. The number of fused-ring (bicyclic) bond motifs is 1. The second kappa shape index (κ2) is 4.90. The van der Waals surface area contributed by atoms with Crippen LogP contribution in [0.1, 0.15) is 34.8 Å². The minimum absolute atomic E-state index is 0.119. The molecule has 0 radical (unpaired) electrons. The third-order valence-electron chi connectivity index (χ3n) is 3.84. The lowest BCUT2D eigenvalue weighted by molar-refractivity contribution is 0.176. The van der Waals surface area contributed by atoms with Gasteiger partial charge in [-0.1, -0.05) is 29.8 Å². The van der Waals surface area contributed by atoms with Crippen LogP contribution in [0.2, 0.25) is 5.02 Å². The summed E-state index contributed by atoms with van der Waals surface area (Å²) in [5, 5.41) is 0.770. The van der Waals surface area contributed by atoms with Crippen LogP contribution in [0.25, 0.3) is 0 Å². The SMILES string of the molecule is Cc1cc2c(cc1C)OC(c1cccc(Cl)c1)CC2. The first-order chi connectivity index (χ1) is 9.13. The Morgan fingerprint density at radius 2 is 1.89 bits per heavy atom. The van der Waals surface area contributed by atoms with Gasteiger partial charge in [0.2, 0.25) is 0 Å². The molecule has 2 aromatic carbocycles. The van der Waals surface area contributed by atoms with Gasteiger partial charge in [-0.2, -0.15) is 0 Å². The summed E-state index contributed by atoms with van der Waals surface area (Å²) >= 11 is 6.05. The second-order valence-corrected chi connectivity index (χ2v) is 5.68.